The summed E-state index contributed by atoms with van der Waals surface area (Å²) in [6.07, 6.45) is 0.801. The summed E-state index contributed by atoms with van der Waals surface area (Å²) in [5, 5.41) is 0. The van der Waals surface area contributed by atoms with E-state index in [4.69, 9.17) is 15.2 Å². The van der Waals surface area contributed by atoms with E-state index in [9.17, 15) is 4.79 Å². The van der Waals surface area contributed by atoms with Crippen molar-refractivity contribution in [2.24, 2.45) is 5.73 Å². The van der Waals surface area contributed by atoms with E-state index in [1.807, 2.05) is 0 Å². The third kappa shape index (κ3) is 3.59. The maximum Gasteiger partial charge on any atom is 0.404 e. The van der Waals surface area contributed by atoms with E-state index in [1.165, 1.54) is 0 Å². The number of carbonyl (C=O) groups excluding carboxylic acids is 1. The first-order valence-corrected chi connectivity index (χ1v) is 6.42. The number of hydrogen-bond donors (Lipinski definition) is 1. The number of rotatable bonds is 4. The average molecular weight is 258 g/mol. The lowest BCUT2D eigenvalue weighted by atomic mass is 9.78. The van der Waals surface area contributed by atoms with Crippen molar-refractivity contribution < 1.29 is 14.3 Å². The fourth-order valence-corrected chi connectivity index (χ4v) is 3.26. The van der Waals surface area contributed by atoms with Crippen LogP contribution in [0.25, 0.3) is 0 Å². The van der Waals surface area contributed by atoms with Gasteiger partial charge in [0.05, 0.1) is 6.61 Å². The van der Waals surface area contributed by atoms with E-state index in [0.29, 0.717) is 6.61 Å². The lowest BCUT2D eigenvalue weighted by Crippen LogP contribution is -2.63. The predicted molar refractivity (Wildman–Crippen MR) is 70.4 cm³/mol. The molecule has 1 amide bonds. The molecule has 0 atom stereocenters. The molecule has 1 aliphatic rings. The van der Waals surface area contributed by atoms with Crippen molar-refractivity contribution in [3.8, 4) is 0 Å². The lowest BCUT2D eigenvalue weighted by Gasteiger charge is -2.54. The third-order valence-electron chi connectivity index (χ3n) is 3.72. The van der Waals surface area contributed by atoms with Crippen LogP contribution in [-0.4, -0.2) is 48.4 Å². The fourth-order valence-electron chi connectivity index (χ4n) is 3.26. The number of likely N-dealkylation sites (tertiary alicyclic amines) is 1. The molecule has 0 aliphatic carbocycles. The van der Waals surface area contributed by atoms with Gasteiger partial charge in [-0.3, -0.25) is 4.90 Å². The van der Waals surface area contributed by atoms with Crippen LogP contribution in [0.2, 0.25) is 0 Å². The molecule has 1 aliphatic heterocycles. The van der Waals surface area contributed by atoms with Crippen molar-refractivity contribution in [2.75, 3.05) is 20.3 Å². The predicted octanol–water partition coefficient (Wildman–Crippen LogP) is 1.75. The van der Waals surface area contributed by atoms with Gasteiger partial charge in [0, 0.05) is 37.6 Å². The quantitative estimate of drug-likeness (QED) is 0.834. The maximum absolute atomic E-state index is 10.9. The standard InChI is InChI=1S/C13H26N2O3/c1-12(2)8-10(18-11(14)16)9-13(3,4)15(12)6-7-17-5/h10H,6-9H2,1-5H3,(H2,14,16). The smallest absolute Gasteiger partial charge is 0.404 e. The van der Waals surface area contributed by atoms with Crippen LogP contribution in [0.4, 0.5) is 4.79 Å². The molecule has 0 bridgehead atoms. The Morgan fingerprint density at radius 1 is 1.28 bits per heavy atom. The molecule has 1 fully saturated rings. The molecule has 1 saturated heterocycles. The Bertz CT molecular complexity index is 285. The molecule has 0 saturated carbocycles. The molecule has 5 nitrogen and oxygen atoms in total. The van der Waals surface area contributed by atoms with E-state index in [1.54, 1.807) is 7.11 Å². The van der Waals surface area contributed by atoms with Crippen LogP contribution in [0.1, 0.15) is 40.5 Å². The molecule has 0 unspecified atom stereocenters. The minimum absolute atomic E-state index is 0.0413. The highest BCUT2D eigenvalue weighted by Crippen LogP contribution is 2.39. The van der Waals surface area contributed by atoms with Crippen molar-refractivity contribution in [1.82, 2.24) is 4.90 Å². The van der Waals surface area contributed by atoms with Crippen LogP contribution >= 0.6 is 0 Å². The van der Waals surface area contributed by atoms with Gasteiger partial charge in [0.25, 0.3) is 0 Å². The Hall–Kier alpha value is -0.810. The molecule has 2 N–H and O–H groups in total. The van der Waals surface area contributed by atoms with Crippen LogP contribution in [0, 0.1) is 0 Å². The molecular weight excluding hydrogens is 232 g/mol. The number of primary amides is 1. The number of nitrogens with zero attached hydrogens (tertiary/aromatic N) is 1. The molecule has 18 heavy (non-hydrogen) atoms. The molecule has 0 aromatic heterocycles. The average Bonchev–Trinajstić information content (AvgIpc) is 2.12. The molecule has 0 aromatic rings. The van der Waals surface area contributed by atoms with Crippen LogP contribution in [-0.2, 0) is 9.47 Å². The second-order valence-corrected chi connectivity index (χ2v) is 6.24. The van der Waals surface area contributed by atoms with Crippen LogP contribution in [0.5, 0.6) is 0 Å². The minimum Gasteiger partial charge on any atom is -0.446 e. The van der Waals surface area contributed by atoms with Gasteiger partial charge in [-0.25, -0.2) is 4.79 Å². The summed E-state index contributed by atoms with van der Waals surface area (Å²) in [6.45, 7) is 10.2. The molecule has 0 aromatic carbocycles. The Labute approximate surface area is 110 Å². The molecular formula is C13H26N2O3. The van der Waals surface area contributed by atoms with E-state index < -0.39 is 6.09 Å². The van der Waals surface area contributed by atoms with Gasteiger partial charge in [-0.2, -0.15) is 0 Å². The number of ether oxygens (including phenoxy) is 2. The summed E-state index contributed by atoms with van der Waals surface area (Å²) in [5.74, 6) is 0. The van der Waals surface area contributed by atoms with E-state index in [-0.39, 0.29) is 17.2 Å². The summed E-state index contributed by atoms with van der Waals surface area (Å²) < 4.78 is 10.4. The Balaban J connectivity index is 2.80. The van der Waals surface area contributed by atoms with E-state index >= 15 is 0 Å². The van der Waals surface area contributed by atoms with Gasteiger partial charge < -0.3 is 15.2 Å². The monoisotopic (exact) mass is 258 g/mol. The first-order chi connectivity index (χ1) is 8.19. The number of carbonyl (C=O) groups is 1. The number of piperidine rings is 1. The maximum atomic E-state index is 10.9. The van der Waals surface area contributed by atoms with Gasteiger partial charge in [0.1, 0.15) is 6.10 Å². The highest BCUT2D eigenvalue weighted by atomic mass is 16.6. The molecule has 1 rings (SSSR count). The van der Waals surface area contributed by atoms with Crippen LogP contribution < -0.4 is 5.73 Å². The van der Waals surface area contributed by atoms with Gasteiger partial charge in [0.2, 0.25) is 0 Å². The van der Waals surface area contributed by atoms with E-state index in [2.05, 4.69) is 32.6 Å². The highest BCUT2D eigenvalue weighted by molar-refractivity contribution is 5.64. The molecule has 1 heterocycles. The Morgan fingerprint density at radius 3 is 2.17 bits per heavy atom. The molecule has 5 heteroatoms. The summed E-state index contributed by atoms with van der Waals surface area (Å²) in [6, 6.07) is 0. The molecule has 0 radical (unpaired) electrons. The molecule has 106 valence electrons. The van der Waals surface area contributed by atoms with Crippen molar-refractivity contribution in [2.45, 2.75) is 57.7 Å². The Kier molecular flexibility index (Phi) is 4.61. The van der Waals surface area contributed by atoms with Gasteiger partial charge in [-0.1, -0.05) is 0 Å². The summed E-state index contributed by atoms with van der Waals surface area (Å²) in [5.41, 5.74) is 5.04. The van der Waals surface area contributed by atoms with Crippen molar-refractivity contribution in [3.63, 3.8) is 0 Å². The zero-order valence-electron chi connectivity index (χ0n) is 12.2. The first kappa shape index (κ1) is 15.2. The van der Waals surface area contributed by atoms with Crippen molar-refractivity contribution in [3.05, 3.63) is 0 Å². The molecule has 0 spiro atoms. The van der Waals surface area contributed by atoms with Gasteiger partial charge in [0.15, 0.2) is 0 Å². The zero-order chi connectivity index (χ0) is 14.0. The number of hydrogen-bond acceptors (Lipinski definition) is 4. The van der Waals surface area contributed by atoms with Crippen LogP contribution in [0.3, 0.4) is 0 Å². The van der Waals surface area contributed by atoms with Gasteiger partial charge in [-0.05, 0) is 27.7 Å². The third-order valence-corrected chi connectivity index (χ3v) is 3.72. The first-order valence-electron chi connectivity index (χ1n) is 6.42. The van der Waals surface area contributed by atoms with E-state index in [0.717, 1.165) is 19.4 Å². The number of methoxy groups -OCH3 is 1. The normalized spacial score (nSPS) is 23.8. The minimum atomic E-state index is -0.683. The fraction of sp³-hybridized carbons (Fsp3) is 0.923. The van der Waals surface area contributed by atoms with Crippen molar-refractivity contribution in [1.29, 1.82) is 0 Å². The zero-order valence-corrected chi connectivity index (χ0v) is 12.2. The second-order valence-electron chi connectivity index (χ2n) is 6.24. The van der Waals surface area contributed by atoms with Gasteiger partial charge in [-0.15, -0.1) is 0 Å². The van der Waals surface area contributed by atoms with Gasteiger partial charge >= 0.3 is 6.09 Å². The van der Waals surface area contributed by atoms with Crippen molar-refractivity contribution >= 4 is 6.09 Å². The lowest BCUT2D eigenvalue weighted by molar-refractivity contribution is -0.0892. The Morgan fingerprint density at radius 2 is 1.78 bits per heavy atom. The summed E-state index contributed by atoms with van der Waals surface area (Å²) in [7, 11) is 1.71. The van der Waals surface area contributed by atoms with Crippen LogP contribution in [0.15, 0.2) is 0 Å². The highest BCUT2D eigenvalue weighted by Gasteiger charge is 2.46. The second kappa shape index (κ2) is 5.45. The summed E-state index contributed by atoms with van der Waals surface area (Å²) in [4.78, 5) is 13.3. The summed E-state index contributed by atoms with van der Waals surface area (Å²) >= 11 is 0. The largest absolute Gasteiger partial charge is 0.446 e. The SMILES string of the molecule is COCCN1C(C)(C)CC(OC(N)=O)CC1(C)C. The number of nitrogens with two attached hydrogens (primary N) is 1. The topological polar surface area (TPSA) is 64.8 Å². The number of amides is 1.